The second-order valence-electron chi connectivity index (χ2n) is 5.28. The number of nitrogens with zero attached hydrogens (tertiary/aromatic N) is 2. The number of nitrogens with two attached hydrogens (primary N) is 1. The number of ether oxygens (including phenoxy) is 1. The van der Waals surface area contributed by atoms with E-state index in [2.05, 4.69) is 10.4 Å². The fourth-order valence-corrected chi connectivity index (χ4v) is 1.51. The van der Waals surface area contributed by atoms with Crippen LogP contribution in [-0.4, -0.2) is 27.8 Å². The van der Waals surface area contributed by atoms with Crippen LogP contribution in [-0.2, 0) is 18.2 Å². The Kier molecular flexibility index (Phi) is 5.11. The number of nitrogens with one attached hydrogen (secondary N) is 1. The van der Waals surface area contributed by atoms with E-state index in [1.54, 1.807) is 0 Å². The number of hydrogen-bond donors (Lipinski definition) is 2. The molecule has 1 aromatic rings. The molecule has 0 aliphatic heterocycles. The molecule has 0 fully saturated rings. The highest BCUT2D eigenvalue weighted by atomic mass is 16.5. The van der Waals surface area contributed by atoms with Gasteiger partial charge in [0.1, 0.15) is 5.82 Å². The van der Waals surface area contributed by atoms with E-state index in [9.17, 15) is 0 Å². The zero-order valence-corrected chi connectivity index (χ0v) is 11.2. The van der Waals surface area contributed by atoms with Crippen LogP contribution in [0.3, 0.4) is 0 Å². The van der Waals surface area contributed by atoms with E-state index in [-0.39, 0.29) is 11.6 Å². The Morgan fingerprint density at radius 1 is 1.53 bits per heavy atom. The highest BCUT2D eigenvalue weighted by molar-refractivity contribution is 4.91. The van der Waals surface area contributed by atoms with Crippen LogP contribution in [0.25, 0.3) is 0 Å². The molecule has 5 nitrogen and oxygen atoms in total. The Balaban J connectivity index is 2.35. The quantitative estimate of drug-likeness (QED) is 0.575. The van der Waals surface area contributed by atoms with Gasteiger partial charge >= 0.3 is 0 Å². The number of aromatic nitrogens is 2. The van der Waals surface area contributed by atoms with Crippen molar-refractivity contribution < 1.29 is 4.74 Å². The summed E-state index contributed by atoms with van der Waals surface area (Å²) >= 11 is 0. The number of rotatable bonds is 6. The van der Waals surface area contributed by atoms with Crippen LogP contribution >= 0.6 is 0 Å². The van der Waals surface area contributed by atoms with Crippen molar-refractivity contribution in [3.8, 4) is 0 Å². The second-order valence-corrected chi connectivity index (χ2v) is 5.28. The van der Waals surface area contributed by atoms with Gasteiger partial charge in [0.25, 0.3) is 0 Å². The second kappa shape index (κ2) is 6.14. The Labute approximate surface area is 103 Å². The van der Waals surface area contributed by atoms with Gasteiger partial charge in [-0.05, 0) is 27.2 Å². The maximum atomic E-state index is 5.71. The number of hydrazine groups is 1. The molecule has 0 aromatic carbocycles. The molecular weight excluding hydrogens is 216 g/mol. The zero-order valence-electron chi connectivity index (χ0n) is 11.2. The summed E-state index contributed by atoms with van der Waals surface area (Å²) in [5, 5.41) is 0. The van der Waals surface area contributed by atoms with E-state index in [1.165, 1.54) is 0 Å². The van der Waals surface area contributed by atoms with Gasteiger partial charge in [-0.1, -0.05) is 0 Å². The lowest BCUT2D eigenvalue weighted by Gasteiger charge is -2.24. The van der Waals surface area contributed by atoms with Crippen LogP contribution in [0.1, 0.15) is 33.0 Å². The third-order valence-electron chi connectivity index (χ3n) is 2.59. The lowest BCUT2D eigenvalue weighted by atomic mass is 10.1. The number of aryl methyl sites for hydroxylation is 2. The Bertz CT molecular complexity index is 329. The van der Waals surface area contributed by atoms with Crippen LogP contribution in [0, 0.1) is 0 Å². The largest absolute Gasteiger partial charge is 0.374 e. The van der Waals surface area contributed by atoms with Gasteiger partial charge in [0, 0.05) is 31.9 Å². The molecule has 0 saturated carbocycles. The third kappa shape index (κ3) is 5.30. The molecule has 0 bridgehead atoms. The first-order valence-corrected chi connectivity index (χ1v) is 5.98. The molecule has 1 rings (SSSR count). The van der Waals surface area contributed by atoms with Crippen LogP contribution in [0.2, 0.25) is 0 Å². The molecular formula is C12H24N4O. The third-order valence-corrected chi connectivity index (χ3v) is 2.59. The molecule has 17 heavy (non-hydrogen) atoms. The highest BCUT2D eigenvalue weighted by Crippen LogP contribution is 2.09. The fourth-order valence-electron chi connectivity index (χ4n) is 1.51. The fraction of sp³-hybridized carbons (Fsp3) is 0.750. The monoisotopic (exact) mass is 240 g/mol. The minimum Gasteiger partial charge on any atom is -0.374 e. The Morgan fingerprint density at radius 2 is 2.24 bits per heavy atom. The van der Waals surface area contributed by atoms with Crippen LogP contribution in [0.4, 0.5) is 0 Å². The topological polar surface area (TPSA) is 65.1 Å². The van der Waals surface area contributed by atoms with E-state index in [0.29, 0.717) is 6.61 Å². The smallest absolute Gasteiger partial charge is 0.108 e. The first-order chi connectivity index (χ1) is 7.92. The first kappa shape index (κ1) is 14.2. The summed E-state index contributed by atoms with van der Waals surface area (Å²) in [5.41, 5.74) is 2.67. The van der Waals surface area contributed by atoms with Gasteiger partial charge in [0.15, 0.2) is 0 Å². The Hall–Kier alpha value is -0.910. The van der Waals surface area contributed by atoms with Crippen LogP contribution in [0.5, 0.6) is 0 Å². The molecule has 3 N–H and O–H groups in total. The van der Waals surface area contributed by atoms with Crippen molar-refractivity contribution in [1.82, 2.24) is 15.0 Å². The molecule has 1 aromatic heterocycles. The summed E-state index contributed by atoms with van der Waals surface area (Å²) in [7, 11) is 2.00. The van der Waals surface area contributed by atoms with Crippen molar-refractivity contribution >= 4 is 0 Å². The van der Waals surface area contributed by atoms with Crippen molar-refractivity contribution in [2.45, 2.75) is 45.3 Å². The summed E-state index contributed by atoms with van der Waals surface area (Å²) < 4.78 is 7.74. The lowest BCUT2D eigenvalue weighted by molar-refractivity contribution is -0.0154. The lowest BCUT2D eigenvalue weighted by Crippen LogP contribution is -2.41. The van der Waals surface area contributed by atoms with E-state index >= 15 is 0 Å². The molecule has 0 spiro atoms. The van der Waals surface area contributed by atoms with Gasteiger partial charge < -0.3 is 9.30 Å². The molecule has 0 aliphatic carbocycles. The van der Waals surface area contributed by atoms with Gasteiger partial charge in [-0.3, -0.25) is 11.3 Å². The summed E-state index contributed by atoms with van der Waals surface area (Å²) in [6, 6.07) is 0.158. The SMILES string of the molecule is Cn1ccnc1CCC(COC(C)(C)C)NN. The van der Waals surface area contributed by atoms with E-state index in [0.717, 1.165) is 18.7 Å². The summed E-state index contributed by atoms with van der Waals surface area (Å²) in [6.45, 7) is 6.74. The summed E-state index contributed by atoms with van der Waals surface area (Å²) in [5.74, 6) is 6.59. The van der Waals surface area contributed by atoms with Crippen molar-refractivity contribution in [2.24, 2.45) is 12.9 Å². The average molecular weight is 240 g/mol. The van der Waals surface area contributed by atoms with E-state index < -0.39 is 0 Å². The number of hydrogen-bond acceptors (Lipinski definition) is 4. The predicted octanol–water partition coefficient (Wildman–Crippen LogP) is 1.000. The maximum absolute atomic E-state index is 5.71. The highest BCUT2D eigenvalue weighted by Gasteiger charge is 2.15. The standard InChI is InChI=1S/C12H24N4O/c1-12(2,3)17-9-10(15-13)5-6-11-14-7-8-16(11)4/h7-8,10,15H,5-6,9,13H2,1-4H3. The van der Waals surface area contributed by atoms with Gasteiger partial charge in [-0.2, -0.15) is 0 Å². The molecule has 0 aliphatic rings. The van der Waals surface area contributed by atoms with Crippen molar-refractivity contribution in [2.75, 3.05) is 6.61 Å². The molecule has 0 saturated heterocycles. The van der Waals surface area contributed by atoms with Crippen LogP contribution < -0.4 is 11.3 Å². The Morgan fingerprint density at radius 3 is 2.71 bits per heavy atom. The average Bonchev–Trinajstić information content (AvgIpc) is 2.63. The van der Waals surface area contributed by atoms with Gasteiger partial charge in [-0.15, -0.1) is 0 Å². The maximum Gasteiger partial charge on any atom is 0.108 e. The summed E-state index contributed by atoms with van der Waals surface area (Å²) in [6.07, 6.45) is 5.57. The molecule has 1 heterocycles. The molecule has 1 unspecified atom stereocenters. The van der Waals surface area contributed by atoms with Crippen molar-refractivity contribution in [1.29, 1.82) is 0 Å². The molecule has 1 atom stereocenters. The summed E-state index contributed by atoms with van der Waals surface area (Å²) in [4.78, 5) is 4.28. The predicted molar refractivity (Wildman–Crippen MR) is 68.3 cm³/mol. The number of imidazole rings is 1. The van der Waals surface area contributed by atoms with Gasteiger partial charge in [-0.25, -0.2) is 4.98 Å². The molecule has 98 valence electrons. The molecule has 5 heteroatoms. The van der Waals surface area contributed by atoms with Gasteiger partial charge in [0.2, 0.25) is 0 Å². The minimum atomic E-state index is -0.127. The minimum absolute atomic E-state index is 0.127. The zero-order chi connectivity index (χ0) is 12.9. The van der Waals surface area contributed by atoms with Gasteiger partial charge in [0.05, 0.1) is 12.2 Å². The first-order valence-electron chi connectivity index (χ1n) is 5.98. The van der Waals surface area contributed by atoms with E-state index in [1.807, 2.05) is 44.8 Å². The van der Waals surface area contributed by atoms with E-state index in [4.69, 9.17) is 10.6 Å². The van der Waals surface area contributed by atoms with Crippen LogP contribution in [0.15, 0.2) is 12.4 Å². The van der Waals surface area contributed by atoms with Crippen molar-refractivity contribution in [3.63, 3.8) is 0 Å². The molecule has 0 amide bonds. The molecule has 0 radical (unpaired) electrons. The van der Waals surface area contributed by atoms with Crippen molar-refractivity contribution in [3.05, 3.63) is 18.2 Å². The normalized spacial score (nSPS) is 13.9.